The summed E-state index contributed by atoms with van der Waals surface area (Å²) in [4.78, 5) is 64.9. The van der Waals surface area contributed by atoms with Gasteiger partial charge >= 0.3 is 0 Å². The predicted molar refractivity (Wildman–Crippen MR) is 219 cm³/mol. The quantitative estimate of drug-likeness (QED) is 0.266. The molecular formula is C44H54N8O6. The van der Waals surface area contributed by atoms with Gasteiger partial charge in [-0.05, 0) is 73.7 Å². The summed E-state index contributed by atoms with van der Waals surface area (Å²) < 4.78 is 12.0. The molecule has 2 aromatic carbocycles. The molecule has 306 valence electrons. The maximum Gasteiger partial charge on any atom is 0.267 e. The van der Waals surface area contributed by atoms with Crippen LogP contribution in [0.5, 0.6) is 11.5 Å². The number of benzene rings is 2. The molecule has 1 atom stereocenters. The second-order valence-corrected chi connectivity index (χ2v) is 17.2. The number of imide groups is 1. The van der Waals surface area contributed by atoms with Gasteiger partial charge in [0.25, 0.3) is 11.8 Å². The summed E-state index contributed by atoms with van der Waals surface area (Å²) in [5, 5.41) is 11.9. The van der Waals surface area contributed by atoms with E-state index in [9.17, 15) is 24.4 Å². The second kappa shape index (κ2) is 16.3. The normalized spacial score (nSPS) is 23.3. The fourth-order valence-corrected chi connectivity index (χ4v) is 10.1. The van der Waals surface area contributed by atoms with Crippen LogP contribution >= 0.6 is 0 Å². The molecule has 14 nitrogen and oxygen atoms in total. The fraction of sp³-hybridized carbons (Fsp3) is 0.500. The molecule has 1 aromatic heterocycles. The highest BCUT2D eigenvalue weighted by Gasteiger charge is 2.67. The summed E-state index contributed by atoms with van der Waals surface area (Å²) in [5.74, 6) is -0.0281. The molecule has 0 bridgehead atoms. The molecule has 1 aliphatic carbocycles. The summed E-state index contributed by atoms with van der Waals surface area (Å²) >= 11 is 0. The van der Waals surface area contributed by atoms with Crippen molar-refractivity contribution in [3.8, 4) is 17.6 Å². The van der Waals surface area contributed by atoms with Crippen LogP contribution in [0.4, 0.5) is 11.4 Å². The lowest BCUT2D eigenvalue weighted by molar-refractivity contribution is -0.206. The molecule has 14 heteroatoms. The van der Waals surface area contributed by atoms with Gasteiger partial charge in [0.15, 0.2) is 0 Å². The average molecular weight is 791 g/mol. The predicted octanol–water partition coefficient (Wildman–Crippen LogP) is 4.23. The molecule has 3 aromatic rings. The van der Waals surface area contributed by atoms with Gasteiger partial charge in [-0.25, -0.2) is 4.98 Å². The molecule has 7 rings (SSSR count). The molecule has 3 saturated heterocycles. The maximum absolute atomic E-state index is 14.7. The first-order valence-electron chi connectivity index (χ1n) is 20.2. The zero-order valence-corrected chi connectivity index (χ0v) is 34.1. The van der Waals surface area contributed by atoms with Gasteiger partial charge in [-0.2, -0.15) is 5.26 Å². The van der Waals surface area contributed by atoms with Crippen LogP contribution in [-0.2, 0) is 9.59 Å². The number of nitrogens with zero attached hydrogens (tertiary/aromatic N) is 6. The molecule has 4 amide bonds. The van der Waals surface area contributed by atoms with Crippen molar-refractivity contribution < 1.29 is 28.7 Å². The lowest BCUT2D eigenvalue weighted by Crippen LogP contribution is -2.77. The summed E-state index contributed by atoms with van der Waals surface area (Å²) in [6.45, 7) is 14.8. The van der Waals surface area contributed by atoms with Crippen LogP contribution < -0.4 is 30.3 Å². The van der Waals surface area contributed by atoms with E-state index in [1.807, 2.05) is 58.0 Å². The average Bonchev–Trinajstić information content (AvgIpc) is 3.22. The number of methoxy groups -OCH3 is 1. The Balaban J connectivity index is 0.991. The summed E-state index contributed by atoms with van der Waals surface area (Å²) in [6.07, 6.45) is 3.91. The Hall–Kier alpha value is -5.68. The topological polar surface area (TPSA) is 174 Å². The first kappa shape index (κ1) is 40.5. The van der Waals surface area contributed by atoms with Crippen LogP contribution in [0, 0.1) is 28.1 Å². The molecule has 58 heavy (non-hydrogen) atoms. The Morgan fingerprint density at radius 1 is 0.914 bits per heavy atom. The maximum atomic E-state index is 14.7. The Kier molecular flexibility index (Phi) is 11.4. The lowest BCUT2D eigenvalue weighted by Gasteiger charge is -2.66. The second-order valence-electron chi connectivity index (χ2n) is 17.2. The van der Waals surface area contributed by atoms with E-state index in [2.05, 4.69) is 31.1 Å². The van der Waals surface area contributed by atoms with Crippen LogP contribution in [0.1, 0.15) is 79.8 Å². The molecule has 4 fully saturated rings. The zero-order chi connectivity index (χ0) is 41.4. The largest absolute Gasteiger partial charge is 0.495 e. The molecule has 0 radical (unpaired) electrons. The summed E-state index contributed by atoms with van der Waals surface area (Å²) in [7, 11) is 1.51. The minimum absolute atomic E-state index is 0.148. The van der Waals surface area contributed by atoms with Crippen molar-refractivity contribution in [2.24, 2.45) is 22.5 Å². The number of nitrogens with one attached hydrogen (secondary N) is 1. The van der Waals surface area contributed by atoms with Gasteiger partial charge in [0.1, 0.15) is 35.4 Å². The number of piperidine rings is 2. The number of nitriles is 1. The number of ether oxygens (including phenoxy) is 2. The minimum atomic E-state index is -0.821. The standard InChI is InChI=1S/C44H54N8O6/c1-43(2)41(44(3,4)42(43)58-33-12-8-30(25-45)36(24-33)57-5)52(35-14-15-37(53)48-39(35)55)40(56)29-6-9-31(10-7-29)50-18-16-28(17-19-50)27-49-20-22-51(23-21-49)32-11-13-34(38(46)54)47-26-32/h6-13,24,26,28,35,41-42H,14-23,27H2,1-5H3,(H2,46,54)(H,48,53,55)/t35-,41?,42?/m0/s1. The van der Waals surface area contributed by atoms with E-state index in [1.165, 1.54) is 7.11 Å². The first-order chi connectivity index (χ1) is 27.7. The van der Waals surface area contributed by atoms with Crippen molar-refractivity contribution in [3.63, 3.8) is 0 Å². The molecule has 1 saturated carbocycles. The number of carbonyl (C=O) groups excluding carboxylic acids is 4. The van der Waals surface area contributed by atoms with Gasteiger partial charge in [-0.3, -0.25) is 29.4 Å². The third kappa shape index (κ3) is 7.92. The van der Waals surface area contributed by atoms with Crippen molar-refractivity contribution in [1.29, 1.82) is 5.26 Å². The molecule has 0 unspecified atom stereocenters. The van der Waals surface area contributed by atoms with Gasteiger partial charge in [0.05, 0.1) is 30.6 Å². The molecule has 4 aliphatic rings. The van der Waals surface area contributed by atoms with Crippen molar-refractivity contribution in [3.05, 3.63) is 77.6 Å². The number of hydrogen-bond donors (Lipinski definition) is 2. The summed E-state index contributed by atoms with van der Waals surface area (Å²) in [6, 6.07) is 17.3. The molecular weight excluding hydrogens is 737 g/mol. The van der Waals surface area contributed by atoms with E-state index in [-0.39, 0.29) is 36.5 Å². The third-order valence-corrected chi connectivity index (χ3v) is 12.7. The number of nitrogens with two attached hydrogens (primary N) is 1. The number of pyridine rings is 1. The van der Waals surface area contributed by atoms with Gasteiger partial charge in [-0.1, -0.05) is 27.7 Å². The van der Waals surface area contributed by atoms with Crippen LogP contribution in [-0.4, -0.2) is 110 Å². The molecule has 3 N–H and O–H groups in total. The van der Waals surface area contributed by atoms with Crippen LogP contribution in [0.15, 0.2) is 60.8 Å². The van der Waals surface area contributed by atoms with E-state index < -0.39 is 34.7 Å². The minimum Gasteiger partial charge on any atom is -0.495 e. The summed E-state index contributed by atoms with van der Waals surface area (Å²) in [5.41, 5.74) is 7.36. The van der Waals surface area contributed by atoms with Gasteiger partial charge in [-0.15, -0.1) is 0 Å². The molecule has 3 aliphatic heterocycles. The van der Waals surface area contributed by atoms with Crippen molar-refractivity contribution >= 4 is 35.0 Å². The Morgan fingerprint density at radius 2 is 1.57 bits per heavy atom. The van der Waals surface area contributed by atoms with Crippen molar-refractivity contribution in [2.45, 2.75) is 71.6 Å². The van der Waals surface area contributed by atoms with Crippen LogP contribution in [0.25, 0.3) is 0 Å². The van der Waals surface area contributed by atoms with E-state index >= 15 is 0 Å². The SMILES string of the molecule is COc1cc(OC2C(C)(C)C(N(C(=O)c3ccc(N4CCC(CN5CCN(c6ccc(C(N)=O)nc6)CC5)CC4)cc3)[C@H]3CCC(=O)NC3=O)C2(C)C)ccc1C#N. The molecule has 0 spiro atoms. The highest BCUT2D eigenvalue weighted by molar-refractivity contribution is 6.04. The van der Waals surface area contributed by atoms with Crippen LogP contribution in [0.3, 0.4) is 0 Å². The van der Waals surface area contributed by atoms with Crippen LogP contribution in [0.2, 0.25) is 0 Å². The van der Waals surface area contributed by atoms with E-state index in [0.29, 0.717) is 28.5 Å². The number of carbonyl (C=O) groups is 4. The number of piperazine rings is 1. The van der Waals surface area contributed by atoms with Gasteiger partial charge < -0.3 is 29.9 Å². The zero-order valence-electron chi connectivity index (χ0n) is 34.1. The lowest BCUT2D eigenvalue weighted by atomic mass is 9.48. The van der Waals surface area contributed by atoms with Gasteiger partial charge in [0.2, 0.25) is 11.8 Å². The van der Waals surface area contributed by atoms with E-state index in [1.54, 1.807) is 35.4 Å². The highest BCUT2D eigenvalue weighted by Crippen LogP contribution is 2.59. The van der Waals surface area contributed by atoms with Crippen molar-refractivity contribution in [2.75, 3.05) is 62.7 Å². The van der Waals surface area contributed by atoms with Crippen molar-refractivity contribution in [1.82, 2.24) is 20.1 Å². The smallest absolute Gasteiger partial charge is 0.267 e. The highest BCUT2D eigenvalue weighted by atomic mass is 16.5. The number of aromatic nitrogens is 1. The number of rotatable bonds is 11. The fourth-order valence-electron chi connectivity index (χ4n) is 10.1. The first-order valence-corrected chi connectivity index (χ1v) is 20.2. The number of anilines is 2. The Morgan fingerprint density at radius 3 is 2.16 bits per heavy atom. The number of amides is 4. The third-order valence-electron chi connectivity index (χ3n) is 12.7. The monoisotopic (exact) mass is 790 g/mol. The van der Waals surface area contributed by atoms with E-state index in [4.69, 9.17) is 15.2 Å². The Bertz CT molecular complexity index is 2050. The van der Waals surface area contributed by atoms with E-state index in [0.717, 1.165) is 70.0 Å². The number of primary amides is 1. The number of hydrogen-bond acceptors (Lipinski definition) is 11. The molecule has 4 heterocycles. The van der Waals surface area contributed by atoms with Gasteiger partial charge in [0, 0.05) is 80.4 Å². The Labute approximate surface area is 340 Å².